The van der Waals surface area contributed by atoms with Crippen LogP contribution in [-0.2, 0) is 4.79 Å². The summed E-state index contributed by atoms with van der Waals surface area (Å²) in [7, 11) is 0. The van der Waals surface area contributed by atoms with Gasteiger partial charge in [0, 0.05) is 13.1 Å². The number of carbonyl (C=O) groups excluding carboxylic acids is 1. The topological polar surface area (TPSA) is 50.9 Å². The van der Waals surface area contributed by atoms with Gasteiger partial charge in [0.25, 0.3) is 0 Å². The van der Waals surface area contributed by atoms with Crippen LogP contribution in [0.3, 0.4) is 0 Å². The summed E-state index contributed by atoms with van der Waals surface area (Å²) in [5.74, 6) is 0. The first kappa shape index (κ1) is 12.3. The Morgan fingerprint density at radius 3 is 2.53 bits per heavy atom. The summed E-state index contributed by atoms with van der Waals surface area (Å²) in [5, 5.41) is 6.14. The Kier molecular flexibility index (Phi) is 3.34. The summed E-state index contributed by atoms with van der Waals surface area (Å²) in [4.78, 5) is 14.7. The molecule has 0 saturated carbocycles. The van der Waals surface area contributed by atoms with Gasteiger partial charge in [-0.25, -0.2) is 5.01 Å². The highest BCUT2D eigenvalue weighted by Gasteiger charge is 2.51. The molecule has 2 rings (SSSR count). The second kappa shape index (κ2) is 4.61. The molecule has 0 radical (unpaired) electrons. The molecule has 0 aromatic rings. The molecule has 2 aliphatic rings. The van der Waals surface area contributed by atoms with Crippen LogP contribution in [0.1, 0.15) is 13.8 Å². The number of carbonyl (C=O) groups is 1. The molecule has 2 fully saturated rings. The first-order valence-corrected chi connectivity index (χ1v) is 6.34. The van der Waals surface area contributed by atoms with Crippen molar-refractivity contribution >= 4 is 41.1 Å². The molecule has 0 bridgehead atoms. The molecule has 17 heavy (non-hydrogen) atoms. The van der Waals surface area contributed by atoms with Crippen molar-refractivity contribution in [2.45, 2.75) is 26.2 Å². The van der Waals surface area contributed by atoms with E-state index in [1.165, 1.54) is 0 Å². The highest BCUT2D eigenvalue weighted by Crippen LogP contribution is 2.27. The Balaban J connectivity index is 2.30. The normalized spacial score (nSPS) is 27.3. The van der Waals surface area contributed by atoms with E-state index in [4.69, 9.17) is 24.4 Å². The lowest BCUT2D eigenvalue weighted by Gasteiger charge is -2.29. The molecule has 0 aliphatic carbocycles. The molecule has 0 spiro atoms. The van der Waals surface area contributed by atoms with E-state index in [1.807, 2.05) is 18.7 Å². The predicted molar refractivity (Wildman–Crippen MR) is 71.7 cm³/mol. The number of hydrogen-bond acceptors (Lipinski definition) is 3. The smallest absolute Gasteiger partial charge is 0.225 e. The maximum absolute atomic E-state index is 10.6. The maximum atomic E-state index is 10.6. The van der Waals surface area contributed by atoms with Gasteiger partial charge in [-0.3, -0.25) is 10.2 Å². The van der Waals surface area contributed by atoms with Crippen molar-refractivity contribution in [1.29, 1.82) is 0 Å². The molecule has 94 valence electrons. The Labute approximate surface area is 111 Å². The lowest BCUT2D eigenvalue weighted by molar-refractivity contribution is -0.113. The fraction of sp³-hybridized carbons (Fsp3) is 0.667. The molecule has 2 saturated heterocycles. The van der Waals surface area contributed by atoms with E-state index in [0.29, 0.717) is 11.5 Å². The van der Waals surface area contributed by atoms with Gasteiger partial charge in [0.1, 0.15) is 6.17 Å². The van der Waals surface area contributed by atoms with E-state index in [9.17, 15) is 4.79 Å². The molecule has 6 nitrogen and oxygen atoms in total. The molecule has 2 aliphatic heterocycles. The van der Waals surface area contributed by atoms with Crippen molar-refractivity contribution in [1.82, 2.24) is 25.6 Å². The maximum Gasteiger partial charge on any atom is 0.225 e. The first-order chi connectivity index (χ1) is 8.15. The number of amides is 1. The van der Waals surface area contributed by atoms with Crippen LogP contribution < -0.4 is 10.7 Å². The van der Waals surface area contributed by atoms with Crippen molar-refractivity contribution in [2.75, 3.05) is 13.1 Å². The van der Waals surface area contributed by atoms with E-state index in [-0.39, 0.29) is 12.3 Å². The first-order valence-electron chi connectivity index (χ1n) is 5.52. The van der Waals surface area contributed by atoms with Gasteiger partial charge < -0.3 is 15.1 Å². The van der Waals surface area contributed by atoms with Gasteiger partial charge in [-0.05, 0) is 38.3 Å². The number of hydrogen-bond donors (Lipinski definition) is 2. The Morgan fingerprint density at radius 2 is 2.00 bits per heavy atom. The number of rotatable bonds is 4. The SMILES string of the molecule is CCN1C(=S)N(CC)C2C1NC(=S)N2NC=O. The largest absolute Gasteiger partial charge is 0.337 e. The molecular formula is C9H15N5OS2. The molecule has 2 heterocycles. The number of likely N-dealkylation sites (N-methyl/N-ethyl adjacent to an activating group) is 2. The lowest BCUT2D eigenvalue weighted by atomic mass is 10.4. The van der Waals surface area contributed by atoms with Gasteiger partial charge in [-0.2, -0.15) is 0 Å². The average Bonchev–Trinajstić information content (AvgIpc) is 2.74. The summed E-state index contributed by atoms with van der Waals surface area (Å²) in [5.41, 5.74) is 2.62. The summed E-state index contributed by atoms with van der Waals surface area (Å²) < 4.78 is 0. The predicted octanol–water partition coefficient (Wildman–Crippen LogP) is -0.568. The number of fused-ring (bicyclic) bond motifs is 1. The molecule has 1 amide bonds. The summed E-state index contributed by atoms with van der Waals surface area (Å²) in [6.45, 7) is 5.66. The van der Waals surface area contributed by atoms with Gasteiger partial charge in [0.05, 0.1) is 0 Å². The zero-order valence-corrected chi connectivity index (χ0v) is 11.3. The average molecular weight is 273 g/mol. The Morgan fingerprint density at radius 1 is 1.35 bits per heavy atom. The molecular weight excluding hydrogens is 258 g/mol. The monoisotopic (exact) mass is 273 g/mol. The van der Waals surface area contributed by atoms with E-state index in [1.54, 1.807) is 5.01 Å². The van der Waals surface area contributed by atoms with Gasteiger partial charge in [0.2, 0.25) is 6.41 Å². The van der Waals surface area contributed by atoms with Crippen LogP contribution in [0.15, 0.2) is 0 Å². The number of nitrogens with one attached hydrogen (secondary N) is 2. The summed E-state index contributed by atoms with van der Waals surface area (Å²) in [6.07, 6.45) is 0.569. The highest BCUT2D eigenvalue weighted by molar-refractivity contribution is 7.80. The van der Waals surface area contributed by atoms with Gasteiger partial charge >= 0.3 is 0 Å². The van der Waals surface area contributed by atoms with E-state index in [0.717, 1.165) is 18.2 Å². The van der Waals surface area contributed by atoms with Crippen LogP contribution in [0, 0.1) is 0 Å². The van der Waals surface area contributed by atoms with Gasteiger partial charge in [-0.15, -0.1) is 0 Å². The third kappa shape index (κ3) is 1.71. The fourth-order valence-corrected chi connectivity index (χ4v) is 3.08. The van der Waals surface area contributed by atoms with Crippen LogP contribution >= 0.6 is 24.4 Å². The minimum atomic E-state index is -0.0647. The minimum absolute atomic E-state index is 0.00685. The molecule has 0 aromatic heterocycles. The second-order valence-electron chi connectivity index (χ2n) is 3.78. The van der Waals surface area contributed by atoms with Crippen LogP contribution in [0.25, 0.3) is 0 Å². The van der Waals surface area contributed by atoms with Crippen molar-refractivity contribution in [3.63, 3.8) is 0 Å². The van der Waals surface area contributed by atoms with Gasteiger partial charge in [-0.1, -0.05) is 0 Å². The standard InChI is InChI=1S/C9H15N5OS2/c1-3-12-6-7(13(4-2)9(12)17)14(10-5-15)8(16)11-6/h5-7H,3-4H2,1-2H3,(H,10,15)(H,11,16). The van der Waals surface area contributed by atoms with Crippen molar-refractivity contribution < 1.29 is 4.79 Å². The summed E-state index contributed by atoms with van der Waals surface area (Å²) in [6, 6.07) is 0. The Hall–Kier alpha value is -1.15. The van der Waals surface area contributed by atoms with Crippen molar-refractivity contribution in [2.24, 2.45) is 0 Å². The Bertz CT molecular complexity index is 363. The van der Waals surface area contributed by atoms with E-state index < -0.39 is 0 Å². The fourth-order valence-electron chi connectivity index (χ4n) is 2.32. The number of nitrogens with zero attached hydrogens (tertiary/aromatic N) is 3. The molecule has 2 atom stereocenters. The number of hydrazine groups is 1. The highest BCUT2D eigenvalue weighted by atomic mass is 32.1. The van der Waals surface area contributed by atoms with E-state index >= 15 is 0 Å². The molecule has 2 unspecified atom stereocenters. The van der Waals surface area contributed by atoms with E-state index in [2.05, 4.69) is 15.6 Å². The zero-order valence-electron chi connectivity index (χ0n) is 9.71. The summed E-state index contributed by atoms with van der Waals surface area (Å²) >= 11 is 10.6. The van der Waals surface area contributed by atoms with Crippen molar-refractivity contribution in [3.05, 3.63) is 0 Å². The van der Waals surface area contributed by atoms with Crippen LogP contribution in [-0.4, -0.2) is 56.9 Å². The number of thiocarbonyl (C=S) groups is 2. The third-order valence-electron chi connectivity index (χ3n) is 3.06. The van der Waals surface area contributed by atoms with Crippen LogP contribution in [0.5, 0.6) is 0 Å². The third-order valence-corrected chi connectivity index (χ3v) is 3.84. The second-order valence-corrected chi connectivity index (χ2v) is 4.53. The van der Waals surface area contributed by atoms with Crippen LogP contribution in [0.4, 0.5) is 0 Å². The lowest BCUT2D eigenvalue weighted by Crippen LogP contribution is -2.52. The quantitative estimate of drug-likeness (QED) is 0.525. The van der Waals surface area contributed by atoms with Gasteiger partial charge in [0.15, 0.2) is 16.4 Å². The molecule has 0 aromatic carbocycles. The van der Waals surface area contributed by atoms with Crippen molar-refractivity contribution in [3.8, 4) is 0 Å². The zero-order chi connectivity index (χ0) is 12.6. The minimum Gasteiger partial charge on any atom is -0.337 e. The molecule has 8 heteroatoms. The van der Waals surface area contributed by atoms with Crippen LogP contribution in [0.2, 0.25) is 0 Å². The molecule has 2 N–H and O–H groups in total.